The van der Waals surface area contributed by atoms with Crippen molar-refractivity contribution < 1.29 is 17.9 Å². The Morgan fingerprint density at radius 1 is 0.964 bits per heavy atom. The molecule has 1 aliphatic rings. The Morgan fingerprint density at radius 3 is 2.46 bits per heavy atom. The molecule has 5 nitrogen and oxygen atoms in total. The zero-order chi connectivity index (χ0) is 19.7. The molecule has 0 aromatic heterocycles. The molecule has 0 saturated carbocycles. The number of nitrogens with zero attached hydrogens (tertiary/aromatic N) is 1. The van der Waals surface area contributed by atoms with Crippen LogP contribution in [-0.4, -0.2) is 45.9 Å². The van der Waals surface area contributed by atoms with Crippen LogP contribution in [0.1, 0.15) is 5.56 Å². The Bertz CT molecular complexity index is 1100. The van der Waals surface area contributed by atoms with Gasteiger partial charge in [0.1, 0.15) is 17.6 Å². The van der Waals surface area contributed by atoms with E-state index in [1.807, 2.05) is 12.1 Å². The first-order chi connectivity index (χ1) is 13.4. The predicted octanol–water partition coefficient (Wildman–Crippen LogP) is 3.52. The highest BCUT2D eigenvalue weighted by atomic mass is 32.2. The summed E-state index contributed by atoms with van der Waals surface area (Å²) in [6, 6.07) is 19.3. The first-order valence-corrected chi connectivity index (χ1v) is 11.1. The summed E-state index contributed by atoms with van der Waals surface area (Å²) in [5.41, 5.74) is 1.26. The SMILES string of the molecule is COc1ccc2cc(CN3CC(Oc4cccc(S(C)(=O)=O)c4)C3)ccc2c1. The Hall–Kier alpha value is -2.57. The zero-order valence-electron chi connectivity index (χ0n) is 16.0. The average Bonchev–Trinajstić information content (AvgIpc) is 2.65. The minimum absolute atomic E-state index is 0.0829. The summed E-state index contributed by atoms with van der Waals surface area (Å²) in [6.07, 6.45) is 1.29. The molecule has 0 atom stereocenters. The maximum atomic E-state index is 11.7. The van der Waals surface area contributed by atoms with Gasteiger partial charge in [0.25, 0.3) is 0 Å². The molecule has 0 spiro atoms. The van der Waals surface area contributed by atoms with Crippen LogP contribution in [0.4, 0.5) is 0 Å². The molecule has 6 heteroatoms. The molecule has 0 unspecified atom stereocenters. The van der Waals surface area contributed by atoms with Crippen LogP contribution < -0.4 is 9.47 Å². The number of rotatable bonds is 6. The van der Waals surface area contributed by atoms with Crippen LogP contribution in [0.3, 0.4) is 0 Å². The third-order valence-corrected chi connectivity index (χ3v) is 6.09. The lowest BCUT2D eigenvalue weighted by Crippen LogP contribution is -2.53. The van der Waals surface area contributed by atoms with Crippen molar-refractivity contribution in [2.45, 2.75) is 17.5 Å². The number of fused-ring (bicyclic) bond motifs is 1. The van der Waals surface area contributed by atoms with E-state index in [0.717, 1.165) is 25.4 Å². The van der Waals surface area contributed by atoms with Gasteiger partial charge in [-0.1, -0.05) is 24.3 Å². The largest absolute Gasteiger partial charge is 0.497 e. The molecule has 1 aliphatic heterocycles. The summed E-state index contributed by atoms with van der Waals surface area (Å²) in [4.78, 5) is 2.60. The van der Waals surface area contributed by atoms with Crippen molar-refractivity contribution in [2.75, 3.05) is 26.5 Å². The van der Waals surface area contributed by atoms with Crippen molar-refractivity contribution in [2.24, 2.45) is 0 Å². The summed E-state index contributed by atoms with van der Waals surface area (Å²) in [5, 5.41) is 2.36. The zero-order valence-corrected chi connectivity index (χ0v) is 16.8. The van der Waals surface area contributed by atoms with Crippen molar-refractivity contribution in [1.29, 1.82) is 0 Å². The first-order valence-electron chi connectivity index (χ1n) is 9.16. The molecule has 3 aromatic rings. The summed E-state index contributed by atoms with van der Waals surface area (Å²) in [6.45, 7) is 2.51. The van der Waals surface area contributed by atoms with E-state index in [0.29, 0.717) is 5.75 Å². The van der Waals surface area contributed by atoms with Crippen molar-refractivity contribution in [3.8, 4) is 11.5 Å². The maximum Gasteiger partial charge on any atom is 0.175 e. The van der Waals surface area contributed by atoms with Gasteiger partial charge in [0.05, 0.1) is 12.0 Å². The maximum absolute atomic E-state index is 11.7. The molecular formula is C22H23NO4S. The molecule has 0 amide bonds. The molecule has 0 N–H and O–H groups in total. The van der Waals surface area contributed by atoms with Gasteiger partial charge in [-0.25, -0.2) is 8.42 Å². The highest BCUT2D eigenvalue weighted by molar-refractivity contribution is 7.90. The lowest BCUT2D eigenvalue weighted by molar-refractivity contribution is 0.0144. The van der Waals surface area contributed by atoms with Gasteiger partial charge in [0.2, 0.25) is 0 Å². The number of methoxy groups -OCH3 is 1. The molecule has 0 aliphatic carbocycles. The smallest absolute Gasteiger partial charge is 0.175 e. The van der Waals surface area contributed by atoms with Gasteiger partial charge in [-0.05, 0) is 52.7 Å². The second kappa shape index (κ2) is 7.45. The van der Waals surface area contributed by atoms with Gasteiger partial charge >= 0.3 is 0 Å². The van der Waals surface area contributed by atoms with Crippen LogP contribution >= 0.6 is 0 Å². The monoisotopic (exact) mass is 397 g/mol. The fraction of sp³-hybridized carbons (Fsp3) is 0.273. The van der Waals surface area contributed by atoms with Crippen LogP contribution in [0.5, 0.6) is 11.5 Å². The number of likely N-dealkylation sites (tertiary alicyclic amines) is 1. The third kappa shape index (κ3) is 4.13. The highest BCUT2D eigenvalue weighted by Crippen LogP contribution is 2.25. The van der Waals surface area contributed by atoms with Gasteiger partial charge in [0, 0.05) is 25.9 Å². The number of hydrogen-bond acceptors (Lipinski definition) is 5. The second-order valence-electron chi connectivity index (χ2n) is 7.23. The summed E-state index contributed by atoms with van der Waals surface area (Å²) in [7, 11) is -1.55. The standard InChI is InChI=1S/C22H23NO4S/c1-26-19-9-8-17-10-16(6-7-18(17)11-19)13-23-14-21(15-23)27-20-4-3-5-22(12-20)28(2,24)25/h3-12,21H,13-15H2,1-2H3. The van der Waals surface area contributed by atoms with E-state index >= 15 is 0 Å². The van der Waals surface area contributed by atoms with E-state index in [1.54, 1.807) is 31.4 Å². The van der Waals surface area contributed by atoms with E-state index in [-0.39, 0.29) is 11.0 Å². The van der Waals surface area contributed by atoms with Crippen molar-refractivity contribution >= 4 is 20.6 Å². The lowest BCUT2D eigenvalue weighted by Gasteiger charge is -2.39. The summed E-state index contributed by atoms with van der Waals surface area (Å²) < 4.78 is 34.5. The molecule has 0 radical (unpaired) electrons. The van der Waals surface area contributed by atoms with Crippen LogP contribution in [0.25, 0.3) is 10.8 Å². The number of hydrogen-bond donors (Lipinski definition) is 0. The molecule has 1 heterocycles. The average molecular weight is 397 g/mol. The van der Waals surface area contributed by atoms with E-state index in [9.17, 15) is 8.42 Å². The quantitative estimate of drug-likeness (QED) is 0.637. The predicted molar refractivity (Wildman–Crippen MR) is 110 cm³/mol. The fourth-order valence-corrected chi connectivity index (χ4v) is 4.11. The number of benzene rings is 3. The number of sulfone groups is 1. The van der Waals surface area contributed by atoms with E-state index in [2.05, 4.69) is 29.2 Å². The van der Waals surface area contributed by atoms with Crippen LogP contribution in [0.2, 0.25) is 0 Å². The Labute approximate surface area is 165 Å². The third-order valence-electron chi connectivity index (χ3n) is 4.98. The first kappa shape index (κ1) is 18.8. The normalized spacial score (nSPS) is 15.4. The molecule has 146 valence electrons. The van der Waals surface area contributed by atoms with E-state index < -0.39 is 9.84 Å². The van der Waals surface area contributed by atoms with Gasteiger partial charge in [-0.15, -0.1) is 0 Å². The number of ether oxygens (including phenoxy) is 2. The molecule has 1 fully saturated rings. The topological polar surface area (TPSA) is 55.8 Å². The van der Waals surface area contributed by atoms with Gasteiger partial charge in [-0.3, -0.25) is 4.90 Å². The lowest BCUT2D eigenvalue weighted by atomic mass is 10.0. The molecule has 28 heavy (non-hydrogen) atoms. The van der Waals surface area contributed by atoms with Crippen molar-refractivity contribution in [3.63, 3.8) is 0 Å². The molecule has 4 rings (SSSR count). The molecule has 3 aromatic carbocycles. The summed E-state index contributed by atoms with van der Waals surface area (Å²) >= 11 is 0. The van der Waals surface area contributed by atoms with Crippen molar-refractivity contribution in [1.82, 2.24) is 4.90 Å². The minimum atomic E-state index is -3.22. The minimum Gasteiger partial charge on any atom is -0.497 e. The Morgan fingerprint density at radius 2 is 1.71 bits per heavy atom. The fourth-order valence-electron chi connectivity index (χ4n) is 3.45. The van der Waals surface area contributed by atoms with Crippen molar-refractivity contribution in [3.05, 3.63) is 66.2 Å². The van der Waals surface area contributed by atoms with Crippen LogP contribution in [0.15, 0.2) is 65.6 Å². The Kier molecular flexibility index (Phi) is 5.00. The van der Waals surface area contributed by atoms with Gasteiger partial charge in [0.15, 0.2) is 9.84 Å². The van der Waals surface area contributed by atoms with E-state index in [4.69, 9.17) is 9.47 Å². The molecule has 0 bridgehead atoms. The second-order valence-corrected chi connectivity index (χ2v) is 9.24. The van der Waals surface area contributed by atoms with Crippen LogP contribution in [-0.2, 0) is 16.4 Å². The highest BCUT2D eigenvalue weighted by Gasteiger charge is 2.28. The van der Waals surface area contributed by atoms with E-state index in [1.165, 1.54) is 22.6 Å². The van der Waals surface area contributed by atoms with Gasteiger partial charge < -0.3 is 9.47 Å². The Balaban J connectivity index is 1.35. The molecule has 1 saturated heterocycles. The van der Waals surface area contributed by atoms with Gasteiger partial charge in [-0.2, -0.15) is 0 Å². The molecular weight excluding hydrogens is 374 g/mol. The van der Waals surface area contributed by atoms with Crippen LogP contribution in [0, 0.1) is 0 Å². The summed E-state index contributed by atoms with van der Waals surface area (Å²) in [5.74, 6) is 1.47.